The summed E-state index contributed by atoms with van der Waals surface area (Å²) in [5.74, 6) is 0. The Labute approximate surface area is 176 Å². The molecule has 0 aromatic heterocycles. The van der Waals surface area contributed by atoms with Crippen LogP contribution >= 0.6 is 0 Å². The van der Waals surface area contributed by atoms with E-state index in [-0.39, 0.29) is 5.04 Å². The van der Waals surface area contributed by atoms with Crippen molar-refractivity contribution >= 4 is 14.6 Å². The first kappa shape index (κ1) is 23.5. The molecule has 158 valence electrons. The lowest BCUT2D eigenvalue weighted by molar-refractivity contribution is -0.136. The van der Waals surface area contributed by atoms with Crippen LogP contribution in [-0.2, 0) is 31.9 Å². The van der Waals surface area contributed by atoms with E-state index >= 15 is 0 Å². The third-order valence-corrected chi connectivity index (χ3v) is 10.0. The molecule has 0 spiro atoms. The van der Waals surface area contributed by atoms with E-state index in [1.54, 1.807) is 0 Å². The largest absolute Gasteiger partial charge is 0.414 e. The summed E-state index contributed by atoms with van der Waals surface area (Å²) in [5.41, 5.74) is 2.07. The first-order valence-corrected chi connectivity index (χ1v) is 13.0. The molecule has 0 fully saturated rings. The molecule has 0 aliphatic heterocycles. The van der Waals surface area contributed by atoms with Crippen LogP contribution in [0.1, 0.15) is 31.9 Å². The maximum Gasteiger partial charge on any atom is 0.192 e. The van der Waals surface area contributed by atoms with E-state index < -0.39 is 20.5 Å². The molecule has 2 aromatic carbocycles. The molecule has 0 radical (unpaired) electrons. The quantitative estimate of drug-likeness (QED) is 0.366. The summed E-state index contributed by atoms with van der Waals surface area (Å²) in [5, 5.41) is 0.0819. The van der Waals surface area contributed by atoms with E-state index in [0.29, 0.717) is 19.8 Å². The molecule has 0 N–H and O–H groups in total. The van der Waals surface area contributed by atoms with Gasteiger partial charge >= 0.3 is 0 Å². The summed E-state index contributed by atoms with van der Waals surface area (Å²) in [6.07, 6.45) is -0.331. The Morgan fingerprint density at radius 1 is 0.862 bits per heavy atom. The highest BCUT2D eigenvalue weighted by atomic mass is 28.4. The Morgan fingerprint density at radius 3 is 1.79 bits per heavy atom. The molecule has 0 heterocycles. The number of benzene rings is 2. The van der Waals surface area contributed by atoms with Gasteiger partial charge in [-0.1, -0.05) is 81.4 Å². The number of ether oxygens (including phenoxy) is 2. The van der Waals surface area contributed by atoms with Crippen LogP contribution in [0.4, 0.5) is 0 Å². The highest BCUT2D eigenvalue weighted by Crippen LogP contribution is 2.36. The van der Waals surface area contributed by atoms with Gasteiger partial charge in [0.1, 0.15) is 12.2 Å². The minimum Gasteiger partial charge on any atom is -0.414 e. The Kier molecular flexibility index (Phi) is 8.77. The minimum absolute atomic E-state index is 0.0819. The average molecular weight is 415 g/mol. The van der Waals surface area contributed by atoms with Crippen molar-refractivity contribution in [3.8, 4) is 0 Å². The van der Waals surface area contributed by atoms with Crippen molar-refractivity contribution in [1.29, 1.82) is 0 Å². The summed E-state index contributed by atoms with van der Waals surface area (Å²) in [6, 6.07) is 19.8. The third-order valence-electron chi connectivity index (χ3n) is 5.51. The van der Waals surface area contributed by atoms with Gasteiger partial charge in [-0.25, -0.2) is 0 Å². The van der Waals surface area contributed by atoms with Crippen molar-refractivity contribution in [2.75, 3.05) is 6.61 Å². The Hall–Kier alpha value is -1.79. The first-order chi connectivity index (χ1) is 13.7. The fourth-order valence-corrected chi connectivity index (χ4v) is 3.54. The molecule has 5 heteroatoms. The molecular weight excluding hydrogens is 380 g/mol. The van der Waals surface area contributed by atoms with Crippen molar-refractivity contribution in [2.45, 2.75) is 64.3 Å². The summed E-state index contributed by atoms with van der Waals surface area (Å²) in [7, 11) is -1.97. The molecule has 4 nitrogen and oxygen atoms in total. The van der Waals surface area contributed by atoms with Crippen LogP contribution in [-0.4, -0.2) is 33.4 Å². The Bertz CT molecular complexity index is 726. The second kappa shape index (κ2) is 10.8. The average Bonchev–Trinajstić information content (AvgIpc) is 2.70. The van der Waals surface area contributed by atoms with Crippen LogP contribution in [0.25, 0.3) is 0 Å². The number of carbonyl (C=O) groups is 1. The molecule has 0 unspecified atom stereocenters. The lowest BCUT2D eigenvalue weighted by Gasteiger charge is -2.37. The fourth-order valence-electron chi connectivity index (χ4n) is 2.52. The second-order valence-corrected chi connectivity index (χ2v) is 13.6. The van der Waals surface area contributed by atoms with E-state index in [2.05, 4.69) is 33.9 Å². The molecule has 2 rings (SSSR count). The van der Waals surface area contributed by atoms with E-state index in [1.165, 1.54) is 0 Å². The first-order valence-electron chi connectivity index (χ1n) is 10.1. The highest BCUT2D eigenvalue weighted by Gasteiger charge is 2.38. The molecule has 0 saturated carbocycles. The summed E-state index contributed by atoms with van der Waals surface area (Å²) < 4.78 is 18.4. The highest BCUT2D eigenvalue weighted by molar-refractivity contribution is 6.74. The molecule has 2 atom stereocenters. The number of hydrogen-bond acceptors (Lipinski definition) is 4. The molecule has 0 aliphatic carbocycles. The topological polar surface area (TPSA) is 44.8 Å². The maximum atomic E-state index is 11.9. The second-order valence-electron chi connectivity index (χ2n) is 8.80. The van der Waals surface area contributed by atoms with Crippen LogP contribution < -0.4 is 0 Å². The van der Waals surface area contributed by atoms with Crippen molar-refractivity contribution in [2.24, 2.45) is 0 Å². The van der Waals surface area contributed by atoms with Crippen molar-refractivity contribution in [3.05, 3.63) is 71.8 Å². The van der Waals surface area contributed by atoms with Gasteiger partial charge in [-0.2, -0.15) is 0 Å². The zero-order valence-electron chi connectivity index (χ0n) is 18.3. The summed E-state index contributed by atoms with van der Waals surface area (Å²) in [4.78, 5) is 11.9. The minimum atomic E-state index is -1.97. The summed E-state index contributed by atoms with van der Waals surface area (Å²) in [6.45, 7) is 12.1. The Morgan fingerprint density at radius 2 is 1.34 bits per heavy atom. The van der Waals surface area contributed by atoms with Gasteiger partial charge < -0.3 is 18.7 Å². The standard InChI is InChI=1S/C24H34O4Si/c1-24(2,3)29(4,5)28-19-23(27-18-21-14-10-7-11-15-21)22(16-25)26-17-20-12-8-6-9-13-20/h6-16,22-23H,17-19H2,1-5H3/t22-,23-/m1/s1. The van der Waals surface area contributed by atoms with Crippen LogP contribution in [0.5, 0.6) is 0 Å². The SMILES string of the molecule is CC(C)(C)[Si](C)(C)OC[C@@H](OCc1ccccc1)[C@@H](C=O)OCc1ccccc1. The van der Waals surface area contributed by atoms with Gasteiger partial charge in [-0.3, -0.25) is 0 Å². The molecule has 0 aliphatic rings. The molecule has 0 amide bonds. The lowest BCUT2D eigenvalue weighted by atomic mass is 10.2. The monoisotopic (exact) mass is 414 g/mol. The lowest BCUT2D eigenvalue weighted by Crippen LogP contribution is -2.46. The van der Waals surface area contributed by atoms with E-state index in [9.17, 15) is 4.79 Å². The zero-order chi connectivity index (χ0) is 21.3. The number of carbonyl (C=O) groups excluding carboxylic acids is 1. The number of rotatable bonds is 11. The van der Waals surface area contributed by atoms with Crippen molar-refractivity contribution in [1.82, 2.24) is 0 Å². The molecule has 29 heavy (non-hydrogen) atoms. The predicted octanol–water partition coefficient (Wildman–Crippen LogP) is 5.38. The number of hydrogen-bond donors (Lipinski definition) is 0. The van der Waals surface area contributed by atoms with Gasteiger partial charge in [-0.15, -0.1) is 0 Å². The summed E-state index contributed by atoms with van der Waals surface area (Å²) >= 11 is 0. The van der Waals surface area contributed by atoms with Crippen LogP contribution in [0, 0.1) is 0 Å². The van der Waals surface area contributed by atoms with Gasteiger partial charge in [0, 0.05) is 0 Å². The van der Waals surface area contributed by atoms with Crippen LogP contribution in [0.2, 0.25) is 18.1 Å². The molecular formula is C24H34O4Si. The molecule has 0 saturated heterocycles. The van der Waals surface area contributed by atoms with Gasteiger partial charge in [-0.05, 0) is 29.3 Å². The Balaban J connectivity index is 2.07. The van der Waals surface area contributed by atoms with E-state index in [4.69, 9.17) is 13.9 Å². The fraction of sp³-hybridized carbons (Fsp3) is 0.458. The van der Waals surface area contributed by atoms with E-state index in [1.807, 2.05) is 60.7 Å². The molecule has 0 bridgehead atoms. The predicted molar refractivity (Wildman–Crippen MR) is 119 cm³/mol. The third kappa shape index (κ3) is 7.51. The zero-order valence-corrected chi connectivity index (χ0v) is 19.3. The van der Waals surface area contributed by atoms with Crippen molar-refractivity contribution < 1.29 is 18.7 Å². The van der Waals surface area contributed by atoms with Crippen molar-refractivity contribution in [3.63, 3.8) is 0 Å². The van der Waals surface area contributed by atoms with Gasteiger partial charge in [0.2, 0.25) is 0 Å². The number of aldehydes is 1. The smallest absolute Gasteiger partial charge is 0.192 e. The van der Waals surface area contributed by atoms with Gasteiger partial charge in [0.15, 0.2) is 14.6 Å². The van der Waals surface area contributed by atoms with Gasteiger partial charge in [0.05, 0.1) is 19.8 Å². The van der Waals surface area contributed by atoms with E-state index in [0.717, 1.165) is 17.4 Å². The normalized spacial score (nSPS) is 14.4. The van der Waals surface area contributed by atoms with Crippen LogP contribution in [0.3, 0.4) is 0 Å². The van der Waals surface area contributed by atoms with Gasteiger partial charge in [0.25, 0.3) is 0 Å². The van der Waals surface area contributed by atoms with Crippen LogP contribution in [0.15, 0.2) is 60.7 Å². The molecule has 2 aromatic rings. The maximum absolute atomic E-state index is 11.9.